The first kappa shape index (κ1) is 19.5. The number of methoxy groups -OCH3 is 1. The van der Waals surface area contributed by atoms with Crippen LogP contribution < -0.4 is 10.9 Å². The van der Waals surface area contributed by atoms with Crippen molar-refractivity contribution in [1.82, 2.24) is 14.9 Å². The lowest BCUT2D eigenvalue weighted by Gasteiger charge is -2.12. The summed E-state index contributed by atoms with van der Waals surface area (Å²) in [6.07, 6.45) is 5.56. The summed E-state index contributed by atoms with van der Waals surface area (Å²) in [4.78, 5) is 42.3. The predicted octanol–water partition coefficient (Wildman–Crippen LogP) is 1.63. The molecule has 2 aromatic rings. The van der Waals surface area contributed by atoms with E-state index in [1.165, 1.54) is 18.0 Å². The van der Waals surface area contributed by atoms with Crippen molar-refractivity contribution in [1.29, 1.82) is 0 Å². The Kier molecular flexibility index (Phi) is 6.22. The van der Waals surface area contributed by atoms with Crippen molar-refractivity contribution < 1.29 is 19.1 Å². The Labute approximate surface area is 160 Å². The molecule has 0 spiro atoms. The van der Waals surface area contributed by atoms with Gasteiger partial charge in [0, 0.05) is 13.2 Å². The summed E-state index contributed by atoms with van der Waals surface area (Å²) in [5.41, 5.74) is 0.201. The fourth-order valence-corrected chi connectivity index (χ4v) is 4.28. The lowest BCUT2D eigenvalue weighted by Crippen LogP contribution is -2.37. The molecule has 1 fully saturated rings. The topological polar surface area (TPSA) is 99.5 Å². The van der Waals surface area contributed by atoms with E-state index in [4.69, 9.17) is 9.47 Å². The quantitative estimate of drug-likeness (QED) is 0.567. The molecule has 0 saturated heterocycles. The average Bonchev–Trinajstić information content (AvgIpc) is 3.25. The number of nitrogens with zero attached hydrogens (tertiary/aromatic N) is 2. The molecular formula is C18H23N3O5S. The van der Waals surface area contributed by atoms with Crippen LogP contribution in [0.3, 0.4) is 0 Å². The number of carbonyl (C=O) groups is 2. The van der Waals surface area contributed by atoms with E-state index in [1.807, 2.05) is 0 Å². The number of aromatic nitrogens is 2. The summed E-state index contributed by atoms with van der Waals surface area (Å²) >= 11 is 1.12. The van der Waals surface area contributed by atoms with Gasteiger partial charge in [-0.25, -0.2) is 9.78 Å². The third-order valence-corrected chi connectivity index (χ3v) is 5.84. The number of fused-ring (bicyclic) bond motifs is 1. The van der Waals surface area contributed by atoms with E-state index in [0.29, 0.717) is 27.3 Å². The molecule has 3 rings (SSSR count). The molecule has 1 amide bonds. The Balaban J connectivity index is 1.79. The number of aryl methyl sites for hydroxylation is 1. The van der Waals surface area contributed by atoms with E-state index in [0.717, 1.165) is 37.0 Å². The molecule has 146 valence electrons. The molecule has 2 aromatic heterocycles. The van der Waals surface area contributed by atoms with Crippen LogP contribution in [0, 0.1) is 6.92 Å². The van der Waals surface area contributed by atoms with E-state index >= 15 is 0 Å². The highest BCUT2D eigenvalue weighted by Crippen LogP contribution is 2.27. The van der Waals surface area contributed by atoms with Crippen molar-refractivity contribution in [2.24, 2.45) is 0 Å². The maximum atomic E-state index is 12.8. The molecule has 0 aliphatic heterocycles. The Morgan fingerprint density at radius 1 is 1.33 bits per heavy atom. The van der Waals surface area contributed by atoms with E-state index in [1.54, 1.807) is 6.92 Å². The lowest BCUT2D eigenvalue weighted by atomic mass is 10.2. The molecule has 9 heteroatoms. The van der Waals surface area contributed by atoms with Crippen LogP contribution in [-0.4, -0.2) is 47.8 Å². The number of hydrogen-bond acceptors (Lipinski definition) is 7. The van der Waals surface area contributed by atoms with Gasteiger partial charge in [-0.2, -0.15) is 0 Å². The molecule has 8 nitrogen and oxygen atoms in total. The van der Waals surface area contributed by atoms with E-state index in [9.17, 15) is 14.4 Å². The van der Waals surface area contributed by atoms with Crippen LogP contribution in [0.15, 0.2) is 11.1 Å². The molecule has 1 aliphatic rings. The first-order chi connectivity index (χ1) is 13.0. The van der Waals surface area contributed by atoms with Gasteiger partial charge in [0.1, 0.15) is 22.9 Å². The van der Waals surface area contributed by atoms with Gasteiger partial charge in [-0.05, 0) is 25.3 Å². The largest absolute Gasteiger partial charge is 0.459 e. The maximum absolute atomic E-state index is 12.8. The molecular weight excluding hydrogens is 370 g/mol. The fourth-order valence-electron chi connectivity index (χ4n) is 3.25. The Hall–Kier alpha value is -2.26. The summed E-state index contributed by atoms with van der Waals surface area (Å²) in [7, 11) is 1.52. The van der Waals surface area contributed by atoms with Crippen molar-refractivity contribution in [3.63, 3.8) is 0 Å². The van der Waals surface area contributed by atoms with Crippen molar-refractivity contribution in [3.05, 3.63) is 27.1 Å². The van der Waals surface area contributed by atoms with Crippen LogP contribution in [0.25, 0.3) is 10.2 Å². The molecule has 0 bridgehead atoms. The Morgan fingerprint density at radius 2 is 2.07 bits per heavy atom. The van der Waals surface area contributed by atoms with Crippen LogP contribution >= 0.6 is 11.3 Å². The molecule has 1 saturated carbocycles. The summed E-state index contributed by atoms with van der Waals surface area (Å²) in [6, 6.07) is 0.196. The van der Waals surface area contributed by atoms with Crippen LogP contribution in [0.4, 0.5) is 0 Å². The van der Waals surface area contributed by atoms with Gasteiger partial charge in [-0.15, -0.1) is 11.3 Å². The van der Waals surface area contributed by atoms with Crippen molar-refractivity contribution >= 4 is 33.4 Å². The number of rotatable bonds is 7. The minimum absolute atomic E-state index is 0.0822. The highest BCUT2D eigenvalue weighted by Gasteiger charge is 2.22. The fraction of sp³-hybridized carbons (Fsp3) is 0.556. The molecule has 27 heavy (non-hydrogen) atoms. The normalized spacial score (nSPS) is 14.6. The second-order valence-electron chi connectivity index (χ2n) is 6.59. The monoisotopic (exact) mass is 393 g/mol. The summed E-state index contributed by atoms with van der Waals surface area (Å²) in [5, 5.41) is 3.32. The highest BCUT2D eigenvalue weighted by molar-refractivity contribution is 7.20. The molecule has 1 aliphatic carbocycles. The van der Waals surface area contributed by atoms with E-state index in [-0.39, 0.29) is 30.7 Å². The van der Waals surface area contributed by atoms with Crippen LogP contribution in [0.1, 0.15) is 40.9 Å². The van der Waals surface area contributed by atoms with Gasteiger partial charge in [0.05, 0.1) is 18.3 Å². The number of esters is 1. The van der Waals surface area contributed by atoms with Crippen LogP contribution in [0.5, 0.6) is 0 Å². The first-order valence-electron chi connectivity index (χ1n) is 8.95. The van der Waals surface area contributed by atoms with E-state index in [2.05, 4.69) is 10.3 Å². The van der Waals surface area contributed by atoms with Gasteiger partial charge < -0.3 is 14.8 Å². The van der Waals surface area contributed by atoms with Crippen LogP contribution in [-0.2, 0) is 20.8 Å². The summed E-state index contributed by atoms with van der Waals surface area (Å²) in [6.45, 7) is 2.05. The SMILES string of the molecule is COCCOC(=O)c1sc2ncn(CC(=O)NC3CCCC3)c(=O)c2c1C. The zero-order chi connectivity index (χ0) is 19.4. The Morgan fingerprint density at radius 3 is 2.78 bits per heavy atom. The number of nitrogens with one attached hydrogen (secondary N) is 1. The minimum atomic E-state index is -0.502. The van der Waals surface area contributed by atoms with Gasteiger partial charge in [0.2, 0.25) is 5.91 Å². The van der Waals surface area contributed by atoms with Gasteiger partial charge in [-0.1, -0.05) is 12.8 Å². The second kappa shape index (κ2) is 8.62. The average molecular weight is 393 g/mol. The lowest BCUT2D eigenvalue weighted by molar-refractivity contribution is -0.122. The molecule has 2 heterocycles. The molecule has 1 N–H and O–H groups in total. The second-order valence-corrected chi connectivity index (χ2v) is 7.59. The number of thiophene rings is 1. The predicted molar refractivity (Wildman–Crippen MR) is 101 cm³/mol. The first-order valence-corrected chi connectivity index (χ1v) is 9.77. The number of ether oxygens (including phenoxy) is 2. The van der Waals surface area contributed by atoms with E-state index < -0.39 is 5.97 Å². The van der Waals surface area contributed by atoms with Crippen molar-refractivity contribution in [2.45, 2.75) is 45.2 Å². The maximum Gasteiger partial charge on any atom is 0.348 e. The van der Waals surface area contributed by atoms with Gasteiger partial charge >= 0.3 is 5.97 Å². The highest BCUT2D eigenvalue weighted by atomic mass is 32.1. The molecule has 0 radical (unpaired) electrons. The zero-order valence-electron chi connectivity index (χ0n) is 15.4. The van der Waals surface area contributed by atoms with Gasteiger partial charge in [0.25, 0.3) is 5.56 Å². The third kappa shape index (κ3) is 4.36. The number of hydrogen-bond donors (Lipinski definition) is 1. The van der Waals surface area contributed by atoms with Gasteiger partial charge in [-0.3, -0.25) is 14.2 Å². The summed E-state index contributed by atoms with van der Waals surface area (Å²) in [5.74, 6) is -0.699. The molecule has 0 atom stereocenters. The molecule has 0 aromatic carbocycles. The Bertz CT molecular complexity index is 898. The minimum Gasteiger partial charge on any atom is -0.459 e. The smallest absolute Gasteiger partial charge is 0.348 e. The molecule has 0 unspecified atom stereocenters. The van der Waals surface area contributed by atoms with Gasteiger partial charge in [0.15, 0.2) is 0 Å². The number of amides is 1. The van der Waals surface area contributed by atoms with Crippen molar-refractivity contribution in [2.75, 3.05) is 20.3 Å². The number of carbonyl (C=O) groups excluding carboxylic acids is 2. The third-order valence-electron chi connectivity index (χ3n) is 4.66. The van der Waals surface area contributed by atoms with Crippen LogP contribution in [0.2, 0.25) is 0 Å². The van der Waals surface area contributed by atoms with Crippen molar-refractivity contribution in [3.8, 4) is 0 Å². The zero-order valence-corrected chi connectivity index (χ0v) is 16.3. The standard InChI is InChI=1S/C18H23N3O5S/c1-11-14-16(27-15(11)18(24)26-8-7-25-2)19-10-21(17(14)23)9-13(22)20-12-5-3-4-6-12/h10,12H,3-9H2,1-2H3,(H,20,22). The summed E-state index contributed by atoms with van der Waals surface area (Å²) < 4.78 is 11.3.